The minimum absolute atomic E-state index is 0.142. The Morgan fingerprint density at radius 3 is 2.52 bits per heavy atom. The normalized spacial score (nSPS) is 26.8. The van der Waals surface area contributed by atoms with Gasteiger partial charge in [-0.2, -0.15) is 20.2 Å². The summed E-state index contributed by atoms with van der Waals surface area (Å²) in [4.78, 5) is 22.3. The fraction of sp³-hybridized carbons (Fsp3) is 0.704. The molecule has 2 aromatic heterocycles. The molecule has 0 aromatic carbocycles. The van der Waals surface area contributed by atoms with Crippen LogP contribution in [-0.4, -0.2) is 96.2 Å². The molecule has 6 heterocycles. The highest BCUT2D eigenvalue weighted by Gasteiger charge is 2.53. The number of fused-ring (bicyclic) bond motifs is 2. The van der Waals surface area contributed by atoms with Crippen LogP contribution < -0.4 is 20.3 Å². The van der Waals surface area contributed by atoms with Crippen molar-refractivity contribution in [2.45, 2.75) is 48.7 Å². The van der Waals surface area contributed by atoms with Gasteiger partial charge in [-0.25, -0.2) is 0 Å². The van der Waals surface area contributed by atoms with Gasteiger partial charge < -0.3 is 30.1 Å². The van der Waals surface area contributed by atoms with E-state index in [0.29, 0.717) is 54.7 Å². The zero-order valence-corrected chi connectivity index (χ0v) is 24.5. The van der Waals surface area contributed by atoms with Gasteiger partial charge in [0.15, 0.2) is 0 Å². The molecule has 0 amide bonds. The molecule has 4 aliphatic heterocycles. The number of aliphatic hydroxyl groups is 1. The first kappa shape index (κ1) is 26.5. The Morgan fingerprint density at radius 1 is 1.07 bits per heavy atom. The van der Waals surface area contributed by atoms with Crippen LogP contribution in [0.1, 0.15) is 48.6 Å². The zero-order chi connectivity index (χ0) is 27.5. The van der Waals surface area contributed by atoms with Crippen molar-refractivity contribution in [2.75, 3.05) is 81.2 Å². The van der Waals surface area contributed by atoms with Crippen LogP contribution in [0.4, 0.5) is 16.9 Å². The monoisotopic (exact) mass is 584 g/mol. The number of nitrogens with two attached hydrogens (primary N) is 1. The van der Waals surface area contributed by atoms with Gasteiger partial charge in [-0.15, -0.1) is 23.1 Å². The van der Waals surface area contributed by atoms with E-state index in [0.717, 1.165) is 76.4 Å². The van der Waals surface area contributed by atoms with Gasteiger partial charge in [0.2, 0.25) is 11.9 Å². The Balaban J connectivity index is 1.12. The summed E-state index contributed by atoms with van der Waals surface area (Å²) < 4.78 is 11.7. The zero-order valence-electron chi connectivity index (χ0n) is 22.9. The van der Waals surface area contributed by atoms with Crippen molar-refractivity contribution in [1.29, 1.82) is 5.26 Å². The van der Waals surface area contributed by atoms with Gasteiger partial charge in [-0.1, -0.05) is 0 Å². The summed E-state index contributed by atoms with van der Waals surface area (Å²) in [5.41, 5.74) is 7.27. The maximum absolute atomic E-state index is 10.8. The second-order valence-electron chi connectivity index (χ2n) is 12.3. The molecule has 40 heavy (non-hydrogen) atoms. The maximum atomic E-state index is 10.8. The van der Waals surface area contributed by atoms with Crippen molar-refractivity contribution in [3.05, 3.63) is 16.0 Å². The molecule has 214 valence electrons. The van der Waals surface area contributed by atoms with E-state index in [-0.39, 0.29) is 10.2 Å². The predicted molar refractivity (Wildman–Crippen MR) is 155 cm³/mol. The Morgan fingerprint density at radius 2 is 1.82 bits per heavy atom. The topological polar surface area (TPSA) is 137 Å². The van der Waals surface area contributed by atoms with Crippen LogP contribution in [0.25, 0.3) is 0 Å². The van der Waals surface area contributed by atoms with Crippen LogP contribution in [0.2, 0.25) is 0 Å². The standard InChI is InChI=1S/C27H36N8O3S2/c1-25(36)3-2-6-34(13-25)22-30-23(35-15-27(16-35)20-18(11-28)21(29)40-19(20)12-39-27)32-24(31-22)38-17-26(4-5-26)14-33-7-9-37-10-8-33/h36H,2-10,12-17,29H2,1H3/t25-/m1/s1. The minimum Gasteiger partial charge on any atom is -0.463 e. The molecular weight excluding hydrogens is 548 g/mol. The summed E-state index contributed by atoms with van der Waals surface area (Å²) in [6, 6.07) is 2.68. The predicted octanol–water partition coefficient (Wildman–Crippen LogP) is 2.19. The number of thiophene rings is 1. The molecule has 3 saturated heterocycles. The van der Waals surface area contributed by atoms with Crippen LogP contribution >= 0.6 is 23.1 Å². The number of nitrogen functional groups attached to an aromatic ring is 1. The highest BCUT2D eigenvalue weighted by Crippen LogP contribution is 2.57. The lowest BCUT2D eigenvalue weighted by atomic mass is 9.88. The van der Waals surface area contributed by atoms with Crippen LogP contribution in [0.3, 0.4) is 0 Å². The molecule has 5 aliphatic rings. The average Bonchev–Trinajstić information content (AvgIpc) is 3.46. The van der Waals surface area contributed by atoms with Crippen molar-refractivity contribution in [3.63, 3.8) is 0 Å². The first-order valence-corrected chi connectivity index (χ1v) is 15.9. The van der Waals surface area contributed by atoms with E-state index in [1.807, 2.05) is 23.6 Å². The van der Waals surface area contributed by atoms with Crippen LogP contribution in [0.5, 0.6) is 6.01 Å². The molecule has 0 radical (unpaired) electrons. The Bertz CT molecular complexity index is 1330. The van der Waals surface area contributed by atoms with Gasteiger partial charge in [0, 0.05) is 67.4 Å². The van der Waals surface area contributed by atoms with E-state index in [4.69, 9.17) is 30.2 Å². The number of morpholine rings is 1. The van der Waals surface area contributed by atoms with Crippen LogP contribution in [0.15, 0.2) is 0 Å². The van der Waals surface area contributed by atoms with Gasteiger partial charge in [-0.05, 0) is 32.6 Å². The third-order valence-electron chi connectivity index (χ3n) is 8.91. The third-order valence-corrected chi connectivity index (χ3v) is 11.6. The van der Waals surface area contributed by atoms with Crippen LogP contribution in [-0.2, 0) is 15.2 Å². The molecule has 1 atom stereocenters. The summed E-state index contributed by atoms with van der Waals surface area (Å²) in [5.74, 6) is 2.02. The first-order chi connectivity index (χ1) is 19.3. The number of thioether (sulfide) groups is 1. The van der Waals surface area contributed by atoms with E-state index in [1.54, 1.807) is 11.3 Å². The van der Waals surface area contributed by atoms with Gasteiger partial charge in [-0.3, -0.25) is 4.90 Å². The number of hydrogen-bond acceptors (Lipinski definition) is 13. The molecule has 1 aliphatic carbocycles. The van der Waals surface area contributed by atoms with Crippen molar-refractivity contribution >= 4 is 40.0 Å². The SMILES string of the molecule is C[C@@]1(O)CCCN(c2nc(OCC3(CN4CCOCC4)CC3)nc(N3CC4(C3)SCc3sc(N)c(C#N)c34)n2)C1. The molecule has 1 spiro atoms. The molecule has 0 unspecified atom stereocenters. The summed E-state index contributed by atoms with van der Waals surface area (Å²) >= 11 is 3.42. The van der Waals surface area contributed by atoms with E-state index in [1.165, 1.54) is 4.88 Å². The molecule has 7 rings (SSSR count). The number of aromatic nitrogens is 3. The molecule has 11 nitrogen and oxygen atoms in total. The molecular formula is C27H36N8O3S2. The summed E-state index contributed by atoms with van der Waals surface area (Å²) in [6.07, 6.45) is 3.91. The van der Waals surface area contributed by atoms with Gasteiger partial charge in [0.25, 0.3) is 0 Å². The lowest BCUT2D eigenvalue weighted by molar-refractivity contribution is 0.0231. The Hall–Kier alpha value is -2.37. The van der Waals surface area contributed by atoms with Crippen molar-refractivity contribution in [3.8, 4) is 12.1 Å². The number of β-amino-alcohol motifs (C(OH)–C–C–N with tert-alkyl or cyclic N) is 1. The molecule has 4 fully saturated rings. The van der Waals surface area contributed by atoms with Gasteiger partial charge in [0.05, 0.1) is 35.7 Å². The van der Waals surface area contributed by atoms with E-state index >= 15 is 0 Å². The fourth-order valence-electron chi connectivity index (χ4n) is 6.48. The second-order valence-corrected chi connectivity index (χ2v) is 14.8. The fourth-order valence-corrected chi connectivity index (χ4v) is 9.29. The second kappa shape index (κ2) is 9.87. The maximum Gasteiger partial charge on any atom is 0.323 e. The molecule has 13 heteroatoms. The van der Waals surface area contributed by atoms with Gasteiger partial charge >= 0.3 is 6.01 Å². The number of ether oxygens (including phenoxy) is 2. The minimum atomic E-state index is -0.785. The summed E-state index contributed by atoms with van der Waals surface area (Å²) in [7, 11) is 0. The summed E-state index contributed by atoms with van der Waals surface area (Å²) in [6.45, 7) is 9.64. The molecule has 0 bridgehead atoms. The lowest BCUT2D eigenvalue weighted by Gasteiger charge is -2.48. The highest BCUT2D eigenvalue weighted by atomic mass is 32.2. The van der Waals surface area contributed by atoms with Crippen molar-refractivity contribution in [1.82, 2.24) is 19.9 Å². The number of piperidine rings is 1. The summed E-state index contributed by atoms with van der Waals surface area (Å²) in [5, 5.41) is 21.1. The van der Waals surface area contributed by atoms with Crippen molar-refractivity contribution in [2.24, 2.45) is 5.41 Å². The van der Waals surface area contributed by atoms with Gasteiger partial charge in [0.1, 0.15) is 11.1 Å². The smallest absolute Gasteiger partial charge is 0.323 e. The first-order valence-electron chi connectivity index (χ1n) is 14.1. The number of nitrogens with zero attached hydrogens (tertiary/aromatic N) is 7. The number of rotatable bonds is 7. The van der Waals surface area contributed by atoms with E-state index in [9.17, 15) is 10.4 Å². The van der Waals surface area contributed by atoms with Crippen molar-refractivity contribution < 1.29 is 14.6 Å². The molecule has 1 saturated carbocycles. The highest BCUT2D eigenvalue weighted by molar-refractivity contribution is 8.00. The Labute approximate surface area is 242 Å². The number of hydrogen-bond donors (Lipinski definition) is 2. The van der Waals surface area contributed by atoms with Crippen LogP contribution in [0, 0.1) is 16.7 Å². The van der Waals surface area contributed by atoms with E-state index in [2.05, 4.69) is 15.9 Å². The van der Waals surface area contributed by atoms with E-state index < -0.39 is 5.60 Å². The molecule has 3 N–H and O–H groups in total. The number of anilines is 3. The third kappa shape index (κ3) is 4.87. The lowest BCUT2D eigenvalue weighted by Crippen LogP contribution is -2.57. The quantitative estimate of drug-likeness (QED) is 0.494. The largest absolute Gasteiger partial charge is 0.463 e. The Kier molecular flexibility index (Phi) is 6.55. The average molecular weight is 585 g/mol. The number of nitriles is 1. The molecule has 2 aromatic rings.